The van der Waals surface area contributed by atoms with Crippen LogP contribution in [0.5, 0.6) is 0 Å². The maximum absolute atomic E-state index is 11.6. The second-order valence-corrected chi connectivity index (χ2v) is 6.19. The van der Waals surface area contributed by atoms with Crippen LogP contribution in [-0.4, -0.2) is 23.7 Å². The van der Waals surface area contributed by atoms with E-state index in [2.05, 4.69) is 12.2 Å². The molecule has 3 nitrogen and oxygen atoms in total. The van der Waals surface area contributed by atoms with E-state index in [0.29, 0.717) is 12.5 Å². The summed E-state index contributed by atoms with van der Waals surface area (Å²) in [5.74, 6) is -0.103. The summed E-state index contributed by atoms with van der Waals surface area (Å²) < 4.78 is 5.32. The zero-order valence-corrected chi connectivity index (χ0v) is 11.7. The van der Waals surface area contributed by atoms with Gasteiger partial charge in [0.05, 0.1) is 6.42 Å². The van der Waals surface area contributed by atoms with E-state index in [1.807, 2.05) is 20.8 Å². The highest BCUT2D eigenvalue weighted by Gasteiger charge is 2.20. The van der Waals surface area contributed by atoms with Crippen LogP contribution in [0, 0.1) is 0 Å². The minimum atomic E-state index is -0.373. The van der Waals surface area contributed by atoms with Crippen molar-refractivity contribution < 1.29 is 9.53 Å². The van der Waals surface area contributed by atoms with Crippen molar-refractivity contribution in [2.45, 2.75) is 83.9 Å². The minimum absolute atomic E-state index is 0.103. The number of rotatable bonds is 4. The van der Waals surface area contributed by atoms with Crippen LogP contribution in [0.25, 0.3) is 0 Å². The van der Waals surface area contributed by atoms with Crippen LogP contribution < -0.4 is 5.32 Å². The van der Waals surface area contributed by atoms with Gasteiger partial charge in [-0.1, -0.05) is 19.3 Å². The summed E-state index contributed by atoms with van der Waals surface area (Å²) in [6, 6.07) is 0.814. The zero-order chi connectivity index (χ0) is 12.9. The molecule has 1 atom stereocenters. The van der Waals surface area contributed by atoms with Crippen molar-refractivity contribution in [2.75, 3.05) is 0 Å². The maximum Gasteiger partial charge on any atom is 0.307 e. The summed E-state index contributed by atoms with van der Waals surface area (Å²) in [6.07, 6.45) is 6.96. The maximum atomic E-state index is 11.6. The van der Waals surface area contributed by atoms with Gasteiger partial charge in [-0.15, -0.1) is 0 Å². The van der Waals surface area contributed by atoms with Gasteiger partial charge in [0, 0.05) is 12.1 Å². The number of carbonyl (C=O) groups excluding carboxylic acids is 1. The van der Waals surface area contributed by atoms with Crippen LogP contribution in [0.3, 0.4) is 0 Å². The van der Waals surface area contributed by atoms with E-state index in [1.54, 1.807) is 0 Å². The first kappa shape index (κ1) is 14.5. The first-order chi connectivity index (χ1) is 7.87. The average Bonchev–Trinajstić information content (AvgIpc) is 2.15. The van der Waals surface area contributed by atoms with Crippen LogP contribution in [0.2, 0.25) is 0 Å². The van der Waals surface area contributed by atoms with Crippen LogP contribution in [-0.2, 0) is 9.53 Å². The molecule has 0 amide bonds. The summed E-state index contributed by atoms with van der Waals surface area (Å²) >= 11 is 0. The van der Waals surface area contributed by atoms with Crippen LogP contribution >= 0.6 is 0 Å². The third-order valence-electron chi connectivity index (χ3n) is 3.02. The Morgan fingerprint density at radius 3 is 2.41 bits per heavy atom. The summed E-state index contributed by atoms with van der Waals surface area (Å²) in [7, 11) is 0. The lowest BCUT2D eigenvalue weighted by molar-refractivity contribution is -0.155. The molecule has 0 aromatic heterocycles. The Morgan fingerprint density at radius 2 is 1.88 bits per heavy atom. The topological polar surface area (TPSA) is 38.3 Å². The SMILES string of the molecule is CC(CC(=O)OC(C)(C)C)NC1CCCCC1. The van der Waals surface area contributed by atoms with Gasteiger partial charge in [-0.2, -0.15) is 0 Å². The number of hydrogen-bond donors (Lipinski definition) is 1. The van der Waals surface area contributed by atoms with Gasteiger partial charge in [-0.3, -0.25) is 4.79 Å². The normalized spacial score (nSPS) is 20.0. The third-order valence-corrected chi connectivity index (χ3v) is 3.02. The summed E-state index contributed by atoms with van der Waals surface area (Å²) in [5.41, 5.74) is -0.373. The highest BCUT2D eigenvalue weighted by atomic mass is 16.6. The quantitative estimate of drug-likeness (QED) is 0.769. The van der Waals surface area contributed by atoms with Crippen molar-refractivity contribution >= 4 is 5.97 Å². The Morgan fingerprint density at radius 1 is 1.29 bits per heavy atom. The Hall–Kier alpha value is -0.570. The van der Waals surface area contributed by atoms with Crippen LogP contribution in [0.15, 0.2) is 0 Å². The predicted octanol–water partition coefficient (Wildman–Crippen LogP) is 3.03. The summed E-state index contributed by atoms with van der Waals surface area (Å²) in [6.45, 7) is 7.79. The zero-order valence-electron chi connectivity index (χ0n) is 11.7. The Bertz CT molecular complexity index is 239. The number of hydrogen-bond acceptors (Lipinski definition) is 3. The smallest absolute Gasteiger partial charge is 0.307 e. The van der Waals surface area contributed by atoms with E-state index in [4.69, 9.17) is 4.74 Å². The van der Waals surface area contributed by atoms with Crippen molar-refractivity contribution in [1.82, 2.24) is 5.32 Å². The molecule has 0 bridgehead atoms. The van der Waals surface area contributed by atoms with Crippen LogP contribution in [0.1, 0.15) is 66.2 Å². The molecule has 3 heteroatoms. The fraction of sp³-hybridized carbons (Fsp3) is 0.929. The van der Waals surface area contributed by atoms with Crippen molar-refractivity contribution in [3.05, 3.63) is 0 Å². The minimum Gasteiger partial charge on any atom is -0.460 e. The second-order valence-electron chi connectivity index (χ2n) is 6.19. The van der Waals surface area contributed by atoms with Crippen molar-refractivity contribution in [3.63, 3.8) is 0 Å². The third kappa shape index (κ3) is 6.67. The van der Waals surface area contributed by atoms with E-state index in [0.717, 1.165) is 0 Å². The summed E-state index contributed by atoms with van der Waals surface area (Å²) in [4.78, 5) is 11.6. The number of nitrogens with one attached hydrogen (secondary N) is 1. The fourth-order valence-corrected chi connectivity index (χ4v) is 2.36. The molecule has 0 spiro atoms. The molecule has 17 heavy (non-hydrogen) atoms. The van der Waals surface area contributed by atoms with Crippen molar-refractivity contribution in [3.8, 4) is 0 Å². The summed E-state index contributed by atoms with van der Waals surface area (Å²) in [5, 5.41) is 3.53. The molecule has 0 heterocycles. The lowest BCUT2D eigenvalue weighted by atomic mass is 9.95. The molecule has 0 radical (unpaired) electrons. The van der Waals surface area contributed by atoms with E-state index >= 15 is 0 Å². The number of esters is 1. The van der Waals surface area contributed by atoms with Crippen molar-refractivity contribution in [1.29, 1.82) is 0 Å². The first-order valence-electron chi connectivity index (χ1n) is 6.85. The van der Waals surface area contributed by atoms with Gasteiger partial charge < -0.3 is 10.1 Å². The predicted molar refractivity (Wildman–Crippen MR) is 69.9 cm³/mol. The van der Waals surface area contributed by atoms with E-state index in [1.165, 1.54) is 32.1 Å². The molecule has 1 unspecified atom stereocenters. The van der Waals surface area contributed by atoms with Gasteiger partial charge in [-0.25, -0.2) is 0 Å². The van der Waals surface area contributed by atoms with Gasteiger partial charge in [0.2, 0.25) is 0 Å². The first-order valence-corrected chi connectivity index (χ1v) is 6.85. The van der Waals surface area contributed by atoms with Gasteiger partial charge >= 0.3 is 5.97 Å². The molecule has 0 aliphatic heterocycles. The molecular weight excluding hydrogens is 214 g/mol. The molecule has 0 aromatic rings. The molecule has 100 valence electrons. The van der Waals surface area contributed by atoms with Gasteiger partial charge in [-0.05, 0) is 40.5 Å². The van der Waals surface area contributed by atoms with Crippen LogP contribution in [0.4, 0.5) is 0 Å². The van der Waals surface area contributed by atoms with E-state index in [9.17, 15) is 4.79 Å². The Balaban J connectivity index is 2.23. The lowest BCUT2D eigenvalue weighted by Crippen LogP contribution is -2.39. The van der Waals surface area contributed by atoms with Crippen molar-refractivity contribution in [2.24, 2.45) is 0 Å². The molecule has 1 aliphatic carbocycles. The lowest BCUT2D eigenvalue weighted by Gasteiger charge is -2.27. The molecule has 0 aromatic carbocycles. The number of carbonyl (C=O) groups is 1. The molecule has 1 N–H and O–H groups in total. The molecule has 1 saturated carbocycles. The molecule has 0 saturated heterocycles. The molecule has 1 rings (SSSR count). The molecule has 1 aliphatic rings. The highest BCUT2D eigenvalue weighted by Crippen LogP contribution is 2.18. The molecule has 1 fully saturated rings. The fourth-order valence-electron chi connectivity index (χ4n) is 2.36. The number of ether oxygens (including phenoxy) is 1. The Kier molecular flexibility index (Phi) is 5.44. The second kappa shape index (κ2) is 6.39. The Labute approximate surface area is 105 Å². The van der Waals surface area contributed by atoms with Gasteiger partial charge in [0.25, 0.3) is 0 Å². The van der Waals surface area contributed by atoms with E-state index < -0.39 is 0 Å². The molecular formula is C14H27NO2. The highest BCUT2D eigenvalue weighted by molar-refractivity contribution is 5.70. The van der Waals surface area contributed by atoms with Gasteiger partial charge in [0.1, 0.15) is 5.60 Å². The van der Waals surface area contributed by atoms with E-state index in [-0.39, 0.29) is 17.6 Å². The standard InChI is InChI=1S/C14H27NO2/c1-11(10-13(16)17-14(2,3)4)15-12-8-6-5-7-9-12/h11-12,15H,5-10H2,1-4H3. The van der Waals surface area contributed by atoms with Gasteiger partial charge in [0.15, 0.2) is 0 Å². The largest absolute Gasteiger partial charge is 0.460 e. The average molecular weight is 241 g/mol. The monoisotopic (exact) mass is 241 g/mol.